The smallest absolute Gasteiger partial charge is 0.150 e. The fourth-order valence-electron chi connectivity index (χ4n) is 0.676. The zero-order chi connectivity index (χ0) is 8.97. The summed E-state index contributed by atoms with van der Waals surface area (Å²) in [6.45, 7) is 0. The van der Waals surface area contributed by atoms with Gasteiger partial charge in [-0.3, -0.25) is 0 Å². The third-order valence-corrected chi connectivity index (χ3v) is 1.67. The molecule has 0 heterocycles. The molecule has 0 saturated heterocycles. The molecule has 62 valence electrons. The lowest BCUT2D eigenvalue weighted by molar-refractivity contribution is 0.629. The van der Waals surface area contributed by atoms with Gasteiger partial charge in [-0.2, -0.15) is 4.99 Å². The Morgan fingerprint density at radius 3 is 2.83 bits per heavy atom. The molecule has 4 heteroatoms. The van der Waals surface area contributed by atoms with Crippen molar-refractivity contribution in [1.82, 2.24) is 0 Å². The Kier molecular flexibility index (Phi) is 3.14. The van der Waals surface area contributed by atoms with E-state index in [-0.39, 0.29) is 11.5 Å². The van der Waals surface area contributed by atoms with Crippen LogP contribution in [0, 0.1) is 5.82 Å². The van der Waals surface area contributed by atoms with Crippen LogP contribution in [-0.4, -0.2) is 13.1 Å². The third-order valence-electron chi connectivity index (χ3n) is 1.18. The molecule has 0 N–H and O–H groups in total. The standard InChI is InChI=1S/C8H6BrFN2/c1-11-5-12-8-3-2-6(9)4-7(8)10/h2-4H,1H3. The van der Waals surface area contributed by atoms with Crippen LogP contribution in [0.5, 0.6) is 0 Å². The van der Waals surface area contributed by atoms with Gasteiger partial charge in [0, 0.05) is 11.5 Å². The van der Waals surface area contributed by atoms with Gasteiger partial charge in [-0.05, 0) is 18.2 Å². The third kappa shape index (κ3) is 2.26. The monoisotopic (exact) mass is 228 g/mol. The summed E-state index contributed by atoms with van der Waals surface area (Å²) in [5.41, 5.74) is 0.240. The highest BCUT2D eigenvalue weighted by atomic mass is 79.9. The molecular formula is C8H6BrFN2. The first-order valence-corrected chi connectivity index (χ1v) is 4.03. The van der Waals surface area contributed by atoms with Crippen LogP contribution in [-0.2, 0) is 0 Å². The van der Waals surface area contributed by atoms with Crippen LogP contribution in [0.3, 0.4) is 0 Å². The highest BCUT2D eigenvalue weighted by Crippen LogP contribution is 2.20. The molecule has 1 rings (SSSR count). The van der Waals surface area contributed by atoms with E-state index in [9.17, 15) is 4.39 Å². The predicted octanol–water partition coefficient (Wildman–Crippen LogP) is 3.02. The van der Waals surface area contributed by atoms with Gasteiger partial charge in [0.05, 0.1) is 6.01 Å². The molecule has 0 aromatic heterocycles. The number of halogens is 2. The van der Waals surface area contributed by atoms with Crippen molar-refractivity contribution in [3.63, 3.8) is 0 Å². The normalized spacial score (nSPS) is 8.92. The summed E-state index contributed by atoms with van der Waals surface area (Å²) >= 11 is 3.14. The highest BCUT2D eigenvalue weighted by molar-refractivity contribution is 9.10. The van der Waals surface area contributed by atoms with E-state index in [0.29, 0.717) is 4.47 Å². The van der Waals surface area contributed by atoms with Crippen LogP contribution in [0.4, 0.5) is 10.1 Å². The number of nitrogens with zero attached hydrogens (tertiary/aromatic N) is 2. The summed E-state index contributed by atoms with van der Waals surface area (Å²) in [6.07, 6.45) is 0. The van der Waals surface area contributed by atoms with E-state index in [0.717, 1.165) is 0 Å². The van der Waals surface area contributed by atoms with Gasteiger partial charge >= 0.3 is 0 Å². The van der Waals surface area contributed by atoms with Crippen molar-refractivity contribution >= 4 is 27.6 Å². The molecule has 0 unspecified atom stereocenters. The van der Waals surface area contributed by atoms with Gasteiger partial charge in [-0.1, -0.05) is 15.9 Å². The van der Waals surface area contributed by atoms with E-state index in [4.69, 9.17) is 0 Å². The van der Waals surface area contributed by atoms with Gasteiger partial charge in [0.1, 0.15) is 5.69 Å². The number of hydrogen-bond acceptors (Lipinski definition) is 2. The Labute approximate surface area is 78.0 Å². The molecule has 0 fully saturated rings. The van der Waals surface area contributed by atoms with E-state index in [1.165, 1.54) is 13.1 Å². The van der Waals surface area contributed by atoms with Crippen LogP contribution in [0.2, 0.25) is 0 Å². The molecule has 12 heavy (non-hydrogen) atoms. The minimum Gasteiger partial charge on any atom is -0.229 e. The van der Waals surface area contributed by atoms with Crippen LogP contribution >= 0.6 is 15.9 Å². The van der Waals surface area contributed by atoms with Gasteiger partial charge < -0.3 is 0 Å². The Hall–Kier alpha value is -0.990. The molecule has 1 aromatic carbocycles. The molecule has 0 aliphatic rings. The molecule has 1 aromatic rings. The SMILES string of the molecule is CN=C=Nc1ccc(Br)cc1F. The van der Waals surface area contributed by atoms with Crippen LogP contribution in [0.15, 0.2) is 32.7 Å². The van der Waals surface area contributed by atoms with Crippen molar-refractivity contribution in [3.8, 4) is 0 Å². The second-order valence-electron chi connectivity index (χ2n) is 2.03. The molecule has 0 aliphatic heterocycles. The van der Waals surface area contributed by atoms with Gasteiger partial charge in [0.2, 0.25) is 0 Å². The summed E-state index contributed by atoms with van der Waals surface area (Å²) in [5.74, 6) is -0.388. The van der Waals surface area contributed by atoms with E-state index >= 15 is 0 Å². The van der Waals surface area contributed by atoms with Gasteiger partial charge in [0.15, 0.2) is 5.82 Å². The maximum atomic E-state index is 13.0. The molecular weight excluding hydrogens is 223 g/mol. The molecule has 0 bridgehead atoms. The first kappa shape index (κ1) is 9.10. The molecule has 0 aliphatic carbocycles. The van der Waals surface area contributed by atoms with E-state index in [1.54, 1.807) is 12.1 Å². The van der Waals surface area contributed by atoms with E-state index < -0.39 is 0 Å². The van der Waals surface area contributed by atoms with Crippen LogP contribution < -0.4 is 0 Å². The summed E-state index contributed by atoms with van der Waals surface area (Å²) in [7, 11) is 1.53. The molecule has 2 nitrogen and oxygen atoms in total. The summed E-state index contributed by atoms with van der Waals surface area (Å²) in [4.78, 5) is 7.15. The molecule has 0 spiro atoms. The fraction of sp³-hybridized carbons (Fsp3) is 0.125. The molecule has 0 saturated carbocycles. The van der Waals surface area contributed by atoms with Crippen molar-refractivity contribution in [2.45, 2.75) is 0 Å². The first-order chi connectivity index (χ1) is 5.74. The number of benzene rings is 1. The zero-order valence-corrected chi connectivity index (χ0v) is 7.97. The predicted molar refractivity (Wildman–Crippen MR) is 49.5 cm³/mol. The quantitative estimate of drug-likeness (QED) is 0.661. The van der Waals surface area contributed by atoms with Crippen molar-refractivity contribution in [1.29, 1.82) is 0 Å². The lowest BCUT2D eigenvalue weighted by atomic mass is 10.3. The van der Waals surface area contributed by atoms with Gasteiger partial charge in [-0.15, -0.1) is 0 Å². The summed E-state index contributed by atoms with van der Waals surface area (Å²) < 4.78 is 13.7. The van der Waals surface area contributed by atoms with Crippen LogP contribution in [0.1, 0.15) is 0 Å². The van der Waals surface area contributed by atoms with E-state index in [1.807, 2.05) is 0 Å². The fourth-order valence-corrected chi connectivity index (χ4v) is 1.01. The Morgan fingerprint density at radius 2 is 2.25 bits per heavy atom. The Balaban J connectivity index is 3.10. The Bertz CT molecular complexity index is 343. The molecule has 0 atom stereocenters. The second kappa shape index (κ2) is 4.14. The second-order valence-corrected chi connectivity index (χ2v) is 2.95. The molecule has 0 radical (unpaired) electrons. The van der Waals surface area contributed by atoms with Gasteiger partial charge in [0.25, 0.3) is 0 Å². The van der Waals surface area contributed by atoms with E-state index in [2.05, 4.69) is 31.9 Å². The summed E-state index contributed by atoms with van der Waals surface area (Å²) in [5, 5.41) is 0. The largest absolute Gasteiger partial charge is 0.229 e. The highest BCUT2D eigenvalue weighted by Gasteiger charge is 1.98. The average Bonchev–Trinajstić information content (AvgIpc) is 2.03. The maximum Gasteiger partial charge on any atom is 0.150 e. The van der Waals surface area contributed by atoms with Crippen molar-refractivity contribution in [2.75, 3.05) is 7.05 Å². The first-order valence-electron chi connectivity index (χ1n) is 3.23. The maximum absolute atomic E-state index is 13.0. The average molecular weight is 229 g/mol. The minimum atomic E-state index is -0.388. The number of rotatable bonds is 1. The zero-order valence-electron chi connectivity index (χ0n) is 6.38. The van der Waals surface area contributed by atoms with Crippen molar-refractivity contribution in [2.24, 2.45) is 9.98 Å². The Morgan fingerprint density at radius 1 is 1.50 bits per heavy atom. The van der Waals surface area contributed by atoms with Crippen molar-refractivity contribution in [3.05, 3.63) is 28.5 Å². The lowest BCUT2D eigenvalue weighted by Gasteiger charge is -1.93. The van der Waals surface area contributed by atoms with Crippen molar-refractivity contribution < 1.29 is 4.39 Å². The van der Waals surface area contributed by atoms with Gasteiger partial charge in [-0.25, -0.2) is 9.38 Å². The summed E-state index contributed by atoms with van der Waals surface area (Å²) in [6, 6.07) is 6.92. The lowest BCUT2D eigenvalue weighted by Crippen LogP contribution is -1.74. The minimum absolute atomic E-state index is 0.240. The topological polar surface area (TPSA) is 24.7 Å². The molecule has 0 amide bonds. The van der Waals surface area contributed by atoms with Crippen LogP contribution in [0.25, 0.3) is 0 Å². The number of hydrogen-bond donors (Lipinski definition) is 0. The number of aliphatic imine (C=N–C) groups is 2.